The number of aliphatic imine (C=N–C) groups is 1. The van der Waals surface area contributed by atoms with E-state index in [0.717, 1.165) is 18.2 Å². The Morgan fingerprint density at radius 3 is 2.80 bits per heavy atom. The third-order valence-corrected chi connectivity index (χ3v) is 4.45. The van der Waals surface area contributed by atoms with Crippen molar-refractivity contribution in [3.05, 3.63) is 47.7 Å². The Hall–Kier alpha value is -2.50. The number of nitrogens with zero attached hydrogens (tertiary/aromatic N) is 7. The SMILES string of the molecule is CN=C(NCCc1noc(-c2ccccn2)n1)N(C)Cc1cn(C)nc1C(C)C.I. The minimum absolute atomic E-state index is 0. The molecule has 9 nitrogen and oxygen atoms in total. The highest BCUT2D eigenvalue weighted by Crippen LogP contribution is 2.18. The van der Waals surface area contributed by atoms with Gasteiger partial charge in [0.2, 0.25) is 0 Å². The molecule has 0 saturated heterocycles. The molecule has 30 heavy (non-hydrogen) atoms. The second kappa shape index (κ2) is 11.0. The average molecular weight is 524 g/mol. The largest absolute Gasteiger partial charge is 0.356 e. The van der Waals surface area contributed by atoms with Crippen LogP contribution < -0.4 is 5.32 Å². The van der Waals surface area contributed by atoms with Gasteiger partial charge < -0.3 is 14.7 Å². The molecule has 0 radical (unpaired) electrons. The summed E-state index contributed by atoms with van der Waals surface area (Å²) in [6.07, 6.45) is 4.39. The highest BCUT2D eigenvalue weighted by atomic mass is 127. The predicted molar refractivity (Wildman–Crippen MR) is 127 cm³/mol. The van der Waals surface area contributed by atoms with Crippen molar-refractivity contribution in [2.45, 2.75) is 32.7 Å². The van der Waals surface area contributed by atoms with Gasteiger partial charge in [-0.1, -0.05) is 25.1 Å². The van der Waals surface area contributed by atoms with Gasteiger partial charge in [0.1, 0.15) is 5.69 Å². The highest BCUT2D eigenvalue weighted by Gasteiger charge is 2.15. The first-order valence-electron chi connectivity index (χ1n) is 9.66. The zero-order valence-electron chi connectivity index (χ0n) is 18.0. The smallest absolute Gasteiger partial charge is 0.276 e. The van der Waals surface area contributed by atoms with E-state index in [0.29, 0.717) is 36.3 Å². The van der Waals surface area contributed by atoms with Gasteiger partial charge in [0.05, 0.1) is 5.69 Å². The first-order valence-corrected chi connectivity index (χ1v) is 9.66. The van der Waals surface area contributed by atoms with E-state index in [-0.39, 0.29) is 24.0 Å². The summed E-state index contributed by atoms with van der Waals surface area (Å²) in [6.45, 7) is 5.68. The van der Waals surface area contributed by atoms with E-state index in [9.17, 15) is 0 Å². The van der Waals surface area contributed by atoms with Crippen LogP contribution in [0.5, 0.6) is 0 Å². The molecule has 3 aromatic rings. The number of pyridine rings is 1. The summed E-state index contributed by atoms with van der Waals surface area (Å²) in [5.74, 6) is 2.24. The van der Waals surface area contributed by atoms with Crippen LogP contribution >= 0.6 is 24.0 Å². The number of hydrogen-bond donors (Lipinski definition) is 1. The predicted octanol–water partition coefficient (Wildman–Crippen LogP) is 2.86. The molecule has 10 heteroatoms. The Morgan fingerprint density at radius 2 is 2.13 bits per heavy atom. The van der Waals surface area contributed by atoms with Gasteiger partial charge in [0.15, 0.2) is 11.8 Å². The Balaban J connectivity index is 0.00000320. The number of hydrogen-bond acceptors (Lipinski definition) is 6. The number of guanidine groups is 1. The Morgan fingerprint density at radius 1 is 1.33 bits per heavy atom. The third kappa shape index (κ3) is 6.00. The zero-order chi connectivity index (χ0) is 20.8. The van der Waals surface area contributed by atoms with E-state index in [1.54, 1.807) is 13.2 Å². The van der Waals surface area contributed by atoms with E-state index < -0.39 is 0 Å². The number of halogens is 1. The molecule has 0 aromatic carbocycles. The van der Waals surface area contributed by atoms with E-state index in [4.69, 9.17) is 4.52 Å². The molecule has 3 rings (SSSR count). The van der Waals surface area contributed by atoms with Crippen LogP contribution in [0.25, 0.3) is 11.6 Å². The van der Waals surface area contributed by atoms with Crippen molar-refractivity contribution in [3.8, 4) is 11.6 Å². The van der Waals surface area contributed by atoms with Crippen molar-refractivity contribution in [3.63, 3.8) is 0 Å². The second-order valence-corrected chi connectivity index (χ2v) is 7.18. The third-order valence-electron chi connectivity index (χ3n) is 4.45. The van der Waals surface area contributed by atoms with Crippen LogP contribution in [0.15, 0.2) is 40.1 Å². The van der Waals surface area contributed by atoms with Crippen molar-refractivity contribution >= 4 is 29.9 Å². The average Bonchev–Trinajstić information content (AvgIpc) is 3.32. The minimum atomic E-state index is 0. The van der Waals surface area contributed by atoms with Crippen LogP contribution in [0.1, 0.15) is 36.8 Å². The number of aromatic nitrogens is 5. The summed E-state index contributed by atoms with van der Waals surface area (Å²) in [7, 11) is 5.74. The molecule has 0 aliphatic heterocycles. The van der Waals surface area contributed by atoms with Gasteiger partial charge in [0.25, 0.3) is 5.89 Å². The lowest BCUT2D eigenvalue weighted by Gasteiger charge is -2.22. The maximum atomic E-state index is 5.30. The van der Waals surface area contributed by atoms with Gasteiger partial charge >= 0.3 is 0 Å². The highest BCUT2D eigenvalue weighted by molar-refractivity contribution is 14.0. The van der Waals surface area contributed by atoms with Crippen molar-refractivity contribution in [1.29, 1.82) is 0 Å². The van der Waals surface area contributed by atoms with E-state index in [1.165, 1.54) is 5.56 Å². The molecule has 3 aromatic heterocycles. The fourth-order valence-electron chi connectivity index (χ4n) is 3.11. The van der Waals surface area contributed by atoms with Crippen LogP contribution in [0.2, 0.25) is 0 Å². The molecule has 0 spiro atoms. The van der Waals surface area contributed by atoms with Gasteiger partial charge in [0, 0.05) is 58.6 Å². The molecule has 0 atom stereocenters. The van der Waals surface area contributed by atoms with Crippen LogP contribution in [0, 0.1) is 0 Å². The summed E-state index contributed by atoms with van der Waals surface area (Å²) in [5.41, 5.74) is 2.99. The van der Waals surface area contributed by atoms with Crippen molar-refractivity contribution in [1.82, 2.24) is 35.1 Å². The molecule has 0 aliphatic rings. The number of rotatable bonds is 7. The Labute approximate surface area is 194 Å². The molecule has 0 unspecified atom stereocenters. The molecule has 0 bridgehead atoms. The number of aryl methyl sites for hydroxylation is 1. The first kappa shape index (κ1) is 23.8. The lowest BCUT2D eigenvalue weighted by Crippen LogP contribution is -2.39. The van der Waals surface area contributed by atoms with Crippen molar-refractivity contribution < 1.29 is 4.52 Å². The Bertz CT molecular complexity index is 951. The van der Waals surface area contributed by atoms with E-state index >= 15 is 0 Å². The fraction of sp³-hybridized carbons (Fsp3) is 0.450. The molecule has 0 aliphatic carbocycles. The molecule has 162 valence electrons. The number of nitrogens with one attached hydrogen (secondary N) is 1. The summed E-state index contributed by atoms with van der Waals surface area (Å²) in [6, 6.07) is 5.58. The maximum absolute atomic E-state index is 5.30. The molecular weight excluding hydrogens is 495 g/mol. The summed E-state index contributed by atoms with van der Waals surface area (Å²) < 4.78 is 7.16. The summed E-state index contributed by atoms with van der Waals surface area (Å²) >= 11 is 0. The monoisotopic (exact) mass is 524 g/mol. The van der Waals surface area contributed by atoms with Crippen molar-refractivity contribution in [2.24, 2.45) is 12.0 Å². The first-order chi connectivity index (χ1) is 14.0. The van der Waals surface area contributed by atoms with Crippen LogP contribution in [0.4, 0.5) is 0 Å². The molecule has 3 heterocycles. The molecule has 1 N–H and O–H groups in total. The maximum Gasteiger partial charge on any atom is 0.276 e. The van der Waals surface area contributed by atoms with Gasteiger partial charge in [-0.3, -0.25) is 14.7 Å². The van der Waals surface area contributed by atoms with Gasteiger partial charge in [-0.25, -0.2) is 0 Å². The van der Waals surface area contributed by atoms with Gasteiger partial charge in [-0.2, -0.15) is 10.1 Å². The fourth-order valence-corrected chi connectivity index (χ4v) is 3.11. The van der Waals surface area contributed by atoms with Crippen LogP contribution in [-0.2, 0) is 20.0 Å². The quantitative estimate of drug-likeness (QED) is 0.289. The topological polar surface area (TPSA) is 97.3 Å². The molecule has 0 fully saturated rings. The van der Waals surface area contributed by atoms with Gasteiger partial charge in [-0.05, 0) is 18.1 Å². The second-order valence-electron chi connectivity index (χ2n) is 7.18. The lowest BCUT2D eigenvalue weighted by atomic mass is 10.1. The van der Waals surface area contributed by atoms with E-state index in [2.05, 4.69) is 55.5 Å². The molecule has 0 saturated carbocycles. The Kier molecular flexibility index (Phi) is 8.75. The summed E-state index contributed by atoms with van der Waals surface area (Å²) in [4.78, 5) is 15.1. The minimum Gasteiger partial charge on any atom is -0.356 e. The summed E-state index contributed by atoms with van der Waals surface area (Å²) in [5, 5.41) is 12.0. The molecular formula is C20H29IN8O. The lowest BCUT2D eigenvalue weighted by molar-refractivity contribution is 0.420. The standard InChI is InChI=1S/C20H28N8O.HI/c1-14(2)18-15(13-28(5)25-18)12-27(4)20(21-3)23-11-9-17-24-19(29-26-17)16-8-6-7-10-22-16;/h6-8,10,13-14H,9,11-12H2,1-5H3,(H,21,23);1H. The van der Waals surface area contributed by atoms with Gasteiger partial charge in [-0.15, -0.1) is 24.0 Å². The zero-order valence-corrected chi connectivity index (χ0v) is 20.4. The van der Waals surface area contributed by atoms with Crippen LogP contribution in [0.3, 0.4) is 0 Å². The van der Waals surface area contributed by atoms with Crippen LogP contribution in [-0.4, -0.2) is 56.4 Å². The van der Waals surface area contributed by atoms with E-state index in [1.807, 2.05) is 37.0 Å². The van der Waals surface area contributed by atoms with Crippen molar-refractivity contribution in [2.75, 3.05) is 20.6 Å². The molecule has 0 amide bonds. The normalized spacial score (nSPS) is 11.5.